The van der Waals surface area contributed by atoms with E-state index in [0.717, 1.165) is 0 Å². The molecule has 0 aliphatic rings. The van der Waals surface area contributed by atoms with Crippen LogP contribution in [0.5, 0.6) is 0 Å². The molecule has 78 valence electrons. The molecule has 13 heavy (non-hydrogen) atoms. The van der Waals surface area contributed by atoms with Gasteiger partial charge in [-0.05, 0) is 5.57 Å². The lowest BCUT2D eigenvalue weighted by Crippen LogP contribution is -1.99. The minimum atomic E-state index is -3.06. The zero-order valence-corrected chi connectivity index (χ0v) is 8.66. The van der Waals surface area contributed by atoms with Gasteiger partial charge in [0.15, 0.2) is 0 Å². The Morgan fingerprint density at radius 1 is 1.31 bits per heavy atom. The van der Waals surface area contributed by atoms with Gasteiger partial charge in [-0.25, -0.2) is 0 Å². The summed E-state index contributed by atoms with van der Waals surface area (Å²) < 4.78 is 20.7. The van der Waals surface area contributed by atoms with E-state index in [-0.39, 0.29) is 19.4 Å². The Morgan fingerprint density at radius 3 is 2.08 bits per heavy atom. The summed E-state index contributed by atoms with van der Waals surface area (Å²) in [6.45, 7) is -0.520. The lowest BCUT2D eigenvalue weighted by molar-refractivity contribution is 0.273. The lowest BCUT2D eigenvalue weighted by atomic mass is 10.3. The van der Waals surface area contributed by atoms with Crippen LogP contribution in [-0.2, 0) is 13.6 Å². The quantitative estimate of drug-likeness (QED) is 0.489. The Kier molecular flexibility index (Phi) is 6.20. The van der Waals surface area contributed by atoms with Gasteiger partial charge in [-0.3, -0.25) is 4.57 Å². The van der Waals surface area contributed by atoms with Crippen molar-refractivity contribution in [1.82, 2.24) is 0 Å². The van der Waals surface area contributed by atoms with Crippen molar-refractivity contribution in [3.05, 3.63) is 11.6 Å². The first kappa shape index (κ1) is 12.8. The van der Waals surface area contributed by atoms with E-state index in [1.54, 1.807) is 0 Å². The van der Waals surface area contributed by atoms with Crippen LogP contribution in [0.2, 0.25) is 0 Å². The van der Waals surface area contributed by atoms with Crippen LogP contribution in [0.15, 0.2) is 11.6 Å². The van der Waals surface area contributed by atoms with Gasteiger partial charge in [0, 0.05) is 14.2 Å². The highest BCUT2D eigenvalue weighted by Gasteiger charge is 2.18. The average Bonchev–Trinajstić information content (AvgIpc) is 2.19. The van der Waals surface area contributed by atoms with Crippen LogP contribution in [0, 0.1) is 0 Å². The molecule has 0 amide bonds. The zero-order valence-electron chi connectivity index (χ0n) is 7.77. The molecule has 0 fully saturated rings. The topological polar surface area (TPSA) is 76.0 Å². The Hall–Kier alpha value is -0.190. The maximum Gasteiger partial charge on any atom is 0.333 e. The molecule has 0 radical (unpaired) electrons. The van der Waals surface area contributed by atoms with E-state index in [4.69, 9.17) is 10.2 Å². The van der Waals surface area contributed by atoms with Gasteiger partial charge in [0.2, 0.25) is 0 Å². The fourth-order valence-corrected chi connectivity index (χ4v) is 1.57. The molecule has 0 aromatic rings. The Labute approximate surface area is 77.5 Å². The van der Waals surface area contributed by atoms with Crippen LogP contribution in [0.1, 0.15) is 0 Å². The number of allylic oxidation sites excluding steroid dienone is 1. The fraction of sp³-hybridized carbons (Fsp3) is 0.714. The van der Waals surface area contributed by atoms with Crippen molar-refractivity contribution in [3.8, 4) is 0 Å². The van der Waals surface area contributed by atoms with E-state index in [1.807, 2.05) is 0 Å². The van der Waals surface area contributed by atoms with Gasteiger partial charge in [-0.1, -0.05) is 6.08 Å². The van der Waals surface area contributed by atoms with Gasteiger partial charge in [0.25, 0.3) is 0 Å². The number of rotatable bonds is 6. The Bertz CT molecular complexity index is 199. The molecule has 0 aliphatic carbocycles. The van der Waals surface area contributed by atoms with Crippen molar-refractivity contribution < 1.29 is 23.8 Å². The average molecular weight is 210 g/mol. The second-order valence-electron chi connectivity index (χ2n) is 2.34. The Morgan fingerprint density at radius 2 is 1.77 bits per heavy atom. The highest BCUT2D eigenvalue weighted by Crippen LogP contribution is 2.46. The highest BCUT2D eigenvalue weighted by molar-refractivity contribution is 7.54. The number of aliphatic hydroxyl groups excluding tert-OH is 2. The van der Waals surface area contributed by atoms with E-state index in [1.165, 1.54) is 20.3 Å². The van der Waals surface area contributed by atoms with Crippen LogP contribution < -0.4 is 0 Å². The first-order valence-electron chi connectivity index (χ1n) is 3.72. The van der Waals surface area contributed by atoms with Gasteiger partial charge in [0.05, 0.1) is 19.4 Å². The first-order valence-corrected chi connectivity index (χ1v) is 5.44. The summed E-state index contributed by atoms with van der Waals surface area (Å²) in [7, 11) is -0.485. The zero-order chi connectivity index (χ0) is 10.3. The van der Waals surface area contributed by atoms with Crippen LogP contribution in [0.3, 0.4) is 0 Å². The summed E-state index contributed by atoms with van der Waals surface area (Å²) in [5.74, 6) is 0. The summed E-state index contributed by atoms with van der Waals surface area (Å²) in [6, 6.07) is 0. The maximum atomic E-state index is 11.4. The Balaban J connectivity index is 4.26. The molecule has 0 heterocycles. The molecule has 0 unspecified atom stereocenters. The predicted molar refractivity (Wildman–Crippen MR) is 48.7 cm³/mol. The van der Waals surface area contributed by atoms with Crippen molar-refractivity contribution in [3.63, 3.8) is 0 Å². The lowest BCUT2D eigenvalue weighted by Gasteiger charge is -2.11. The van der Waals surface area contributed by atoms with Crippen LogP contribution >= 0.6 is 7.60 Å². The van der Waals surface area contributed by atoms with E-state index < -0.39 is 7.60 Å². The summed E-state index contributed by atoms with van der Waals surface area (Å²) in [5, 5.41) is 17.3. The highest BCUT2D eigenvalue weighted by atomic mass is 31.2. The van der Waals surface area contributed by atoms with E-state index in [0.29, 0.717) is 5.57 Å². The van der Waals surface area contributed by atoms with E-state index >= 15 is 0 Å². The molecular formula is C7H15O5P. The van der Waals surface area contributed by atoms with Crippen molar-refractivity contribution in [2.75, 3.05) is 33.6 Å². The third kappa shape index (κ3) is 4.55. The largest absolute Gasteiger partial charge is 0.392 e. The fourth-order valence-electron chi connectivity index (χ4n) is 0.644. The smallest absolute Gasteiger partial charge is 0.333 e. The van der Waals surface area contributed by atoms with E-state index in [9.17, 15) is 4.57 Å². The summed E-state index contributed by atoms with van der Waals surface area (Å²) in [5.41, 5.74) is 0.398. The molecule has 0 spiro atoms. The maximum absolute atomic E-state index is 11.4. The van der Waals surface area contributed by atoms with Crippen molar-refractivity contribution in [2.45, 2.75) is 0 Å². The molecule has 0 aliphatic heterocycles. The summed E-state index contributed by atoms with van der Waals surface area (Å²) in [6.07, 6.45) is 1.50. The molecule has 0 bridgehead atoms. The number of hydrogen-bond acceptors (Lipinski definition) is 5. The van der Waals surface area contributed by atoms with Crippen molar-refractivity contribution in [2.24, 2.45) is 0 Å². The summed E-state index contributed by atoms with van der Waals surface area (Å²) >= 11 is 0. The second-order valence-corrected chi connectivity index (χ2v) is 4.65. The molecule has 5 nitrogen and oxygen atoms in total. The molecule has 0 saturated heterocycles. The molecule has 2 N–H and O–H groups in total. The third-order valence-corrected chi connectivity index (χ3v) is 3.31. The number of aliphatic hydroxyl groups is 2. The van der Waals surface area contributed by atoms with Gasteiger partial charge in [0.1, 0.15) is 0 Å². The molecule has 6 heteroatoms. The van der Waals surface area contributed by atoms with Crippen LogP contribution in [0.4, 0.5) is 0 Å². The van der Waals surface area contributed by atoms with E-state index in [2.05, 4.69) is 9.05 Å². The van der Waals surface area contributed by atoms with Crippen LogP contribution in [-0.4, -0.2) is 43.8 Å². The third-order valence-electron chi connectivity index (χ3n) is 1.57. The van der Waals surface area contributed by atoms with Gasteiger partial charge >= 0.3 is 7.60 Å². The molecule has 0 aromatic carbocycles. The van der Waals surface area contributed by atoms with Gasteiger partial charge in [-0.2, -0.15) is 0 Å². The predicted octanol–water partition coefficient (Wildman–Crippen LogP) is 0.383. The standard InChI is InChI=1S/C7H15O5P/c1-11-13(10,12-2)4-3-7(5-8)6-9/h3,8-9H,4-6H2,1-2H3. The minimum absolute atomic E-state index is 0.0520. The van der Waals surface area contributed by atoms with Crippen molar-refractivity contribution >= 4 is 7.60 Å². The minimum Gasteiger partial charge on any atom is -0.392 e. The molecule has 0 saturated carbocycles. The number of hydrogen-bond donors (Lipinski definition) is 2. The first-order chi connectivity index (χ1) is 6.11. The molecular weight excluding hydrogens is 195 g/mol. The second kappa shape index (κ2) is 6.29. The molecule has 0 atom stereocenters. The SMILES string of the molecule is COP(=O)(CC=C(CO)CO)OC. The monoisotopic (exact) mass is 210 g/mol. The van der Waals surface area contributed by atoms with Crippen molar-refractivity contribution in [1.29, 1.82) is 0 Å². The normalized spacial score (nSPS) is 11.4. The molecule has 0 rings (SSSR count). The van der Waals surface area contributed by atoms with Gasteiger partial charge in [-0.15, -0.1) is 0 Å². The van der Waals surface area contributed by atoms with Gasteiger partial charge < -0.3 is 19.3 Å². The summed E-state index contributed by atoms with van der Waals surface area (Å²) in [4.78, 5) is 0. The molecule has 0 aromatic heterocycles. The van der Waals surface area contributed by atoms with Crippen LogP contribution in [0.25, 0.3) is 0 Å².